The molecule has 0 saturated carbocycles. The highest BCUT2D eigenvalue weighted by Gasteiger charge is 2.65. The summed E-state index contributed by atoms with van der Waals surface area (Å²) in [5.41, 5.74) is 0. The highest BCUT2D eigenvalue weighted by atomic mass is 31.3. The van der Waals surface area contributed by atoms with Gasteiger partial charge in [0.25, 0.3) is 0 Å². The second-order valence-electron chi connectivity index (χ2n) is 4.02. The van der Waals surface area contributed by atoms with Crippen molar-refractivity contribution in [2.45, 2.75) is 18.1 Å². The molecule has 0 radical (unpaired) electrons. The summed E-state index contributed by atoms with van der Waals surface area (Å²) >= 11 is 0. The van der Waals surface area contributed by atoms with Crippen LogP contribution in [0.1, 0.15) is 12.8 Å². The third kappa shape index (κ3) is 2.94. The lowest BCUT2D eigenvalue weighted by Gasteiger charge is -2.36. The Labute approximate surface area is 112 Å². The second kappa shape index (κ2) is 5.53. The molecule has 0 spiro atoms. The fraction of sp³-hybridized carbons (Fsp3) is 0.714. The molecule has 1 aliphatic rings. The highest BCUT2D eigenvalue weighted by molar-refractivity contribution is 7.65. The predicted molar refractivity (Wildman–Crippen MR) is 61.4 cm³/mol. The van der Waals surface area contributed by atoms with Crippen LogP contribution < -0.4 is 0 Å². The highest BCUT2D eigenvalue weighted by Crippen LogP contribution is 2.68. The summed E-state index contributed by atoms with van der Waals surface area (Å²) in [6, 6.07) is 0. The number of hydrogen-bond acceptors (Lipinski definition) is 6. The number of rotatable bonds is 5. The Bertz CT molecular complexity index is 514. The van der Waals surface area contributed by atoms with Crippen molar-refractivity contribution in [3.05, 3.63) is 0 Å². The van der Waals surface area contributed by atoms with E-state index >= 15 is 0 Å². The monoisotopic (exact) mass is 333 g/mol. The maximum atomic E-state index is 12.0. The van der Waals surface area contributed by atoms with Gasteiger partial charge in [-0.25, -0.2) is 13.7 Å². The van der Waals surface area contributed by atoms with Crippen molar-refractivity contribution in [1.29, 1.82) is 0 Å². The van der Waals surface area contributed by atoms with Crippen LogP contribution in [0.25, 0.3) is 0 Å². The van der Waals surface area contributed by atoms with E-state index in [1.807, 2.05) is 0 Å². The zero-order valence-corrected chi connectivity index (χ0v) is 11.7. The minimum atomic E-state index is -5.46. The van der Waals surface area contributed by atoms with Gasteiger partial charge in [0.05, 0.1) is 0 Å². The number of carboxylic acid groups (broad SMARTS) is 1. The van der Waals surface area contributed by atoms with Gasteiger partial charge in [-0.3, -0.25) is 9.36 Å². The summed E-state index contributed by atoms with van der Waals surface area (Å²) in [6.45, 7) is -1.38. The average molecular weight is 333 g/mol. The third-order valence-corrected chi connectivity index (χ3v) is 6.14. The Morgan fingerprint density at radius 3 is 2.20 bits per heavy atom. The number of aliphatic carboxylic acids is 1. The first-order chi connectivity index (χ1) is 8.98. The van der Waals surface area contributed by atoms with Crippen molar-refractivity contribution in [3.63, 3.8) is 0 Å². The molecular weight excluding hydrogens is 320 g/mol. The number of carbonyl (C=O) groups is 2. The molecule has 0 aliphatic carbocycles. The van der Waals surface area contributed by atoms with Crippen LogP contribution in [0.2, 0.25) is 0 Å². The van der Waals surface area contributed by atoms with E-state index < -0.39 is 45.6 Å². The predicted octanol–water partition coefficient (Wildman–Crippen LogP) is -1.32. The molecule has 1 amide bonds. The molecule has 2 atom stereocenters. The molecule has 0 aromatic rings. The summed E-state index contributed by atoms with van der Waals surface area (Å²) in [7, 11) is -10.9. The fourth-order valence-electron chi connectivity index (χ4n) is 2.07. The summed E-state index contributed by atoms with van der Waals surface area (Å²) in [6.07, 6.45) is -0.547. The van der Waals surface area contributed by atoms with Gasteiger partial charge >= 0.3 is 21.4 Å². The molecule has 1 heterocycles. The number of amides is 1. The first kappa shape index (κ1) is 17.3. The number of hydrogen-bond donors (Lipinski definition) is 5. The van der Waals surface area contributed by atoms with Crippen LogP contribution in [0.15, 0.2) is 0 Å². The topological polar surface area (TPSA) is 182 Å². The molecule has 0 aromatic carbocycles. The third-order valence-electron chi connectivity index (χ3n) is 2.82. The van der Waals surface area contributed by atoms with E-state index in [-0.39, 0.29) is 13.0 Å². The van der Waals surface area contributed by atoms with Crippen molar-refractivity contribution in [2.24, 2.45) is 0 Å². The Kier molecular flexibility index (Phi) is 4.77. The number of phosphoric acid groups is 1. The number of aliphatic hydroxyl groups excluding tert-OH is 1. The molecule has 20 heavy (non-hydrogen) atoms. The van der Waals surface area contributed by atoms with Crippen molar-refractivity contribution in [3.8, 4) is 0 Å². The Morgan fingerprint density at radius 1 is 1.25 bits per heavy atom. The van der Waals surface area contributed by atoms with Crippen LogP contribution in [0, 0.1) is 0 Å². The first-order valence-electron chi connectivity index (χ1n) is 5.22. The Balaban J connectivity index is 3.35. The van der Waals surface area contributed by atoms with Crippen LogP contribution in [-0.2, 0) is 23.0 Å². The number of nitrogens with zero attached hydrogens (tertiary/aromatic N) is 1. The van der Waals surface area contributed by atoms with Crippen LogP contribution >= 0.6 is 15.4 Å². The second-order valence-corrected chi connectivity index (χ2v) is 7.44. The lowest BCUT2D eigenvalue weighted by atomic mass is 10.2. The van der Waals surface area contributed by atoms with E-state index in [4.69, 9.17) is 14.9 Å². The average Bonchev–Trinajstić information content (AvgIpc) is 2.70. The van der Waals surface area contributed by atoms with Gasteiger partial charge in [0.15, 0.2) is 0 Å². The Morgan fingerprint density at radius 2 is 1.80 bits per heavy atom. The lowest BCUT2D eigenvalue weighted by Crippen LogP contribution is -2.53. The molecule has 0 bridgehead atoms. The van der Waals surface area contributed by atoms with Gasteiger partial charge in [-0.1, -0.05) is 0 Å². The van der Waals surface area contributed by atoms with E-state index in [0.717, 1.165) is 0 Å². The smallest absolute Gasteiger partial charge is 0.476 e. The molecule has 5 N–H and O–H groups in total. The maximum Gasteiger partial charge on any atom is 0.476 e. The summed E-state index contributed by atoms with van der Waals surface area (Å²) in [4.78, 5) is 50.1. The van der Waals surface area contributed by atoms with Crippen molar-refractivity contribution < 1.29 is 47.9 Å². The van der Waals surface area contributed by atoms with E-state index in [1.165, 1.54) is 0 Å². The minimum Gasteiger partial charge on any atom is -0.479 e. The van der Waals surface area contributed by atoms with Gasteiger partial charge in [0.1, 0.15) is 6.61 Å². The molecule has 1 aliphatic heterocycles. The van der Waals surface area contributed by atoms with Gasteiger partial charge in [-0.2, -0.15) is 0 Å². The van der Waals surface area contributed by atoms with Crippen LogP contribution in [0.5, 0.6) is 0 Å². The van der Waals surface area contributed by atoms with Gasteiger partial charge < -0.3 is 29.8 Å². The number of carbonyl (C=O) groups excluding carboxylic acids is 1. The zero-order valence-electron chi connectivity index (χ0n) is 9.95. The van der Waals surface area contributed by atoms with Crippen LogP contribution in [0.4, 0.5) is 0 Å². The molecule has 11 nitrogen and oxygen atoms in total. The molecule has 1 saturated heterocycles. The van der Waals surface area contributed by atoms with E-state index in [9.17, 15) is 28.7 Å². The normalized spacial score (nSPS) is 26.3. The molecule has 0 aromatic heterocycles. The molecule has 1 rings (SSSR count). The van der Waals surface area contributed by atoms with Crippen molar-refractivity contribution >= 4 is 27.3 Å². The maximum absolute atomic E-state index is 12.0. The lowest BCUT2D eigenvalue weighted by molar-refractivity contribution is -0.152. The van der Waals surface area contributed by atoms with E-state index in [0.29, 0.717) is 4.90 Å². The van der Waals surface area contributed by atoms with Gasteiger partial charge in [-0.15, -0.1) is 0 Å². The van der Waals surface area contributed by atoms with Gasteiger partial charge in [-0.05, 0) is 12.8 Å². The zero-order chi connectivity index (χ0) is 15.8. The van der Waals surface area contributed by atoms with Crippen molar-refractivity contribution in [2.75, 3.05) is 13.2 Å². The quantitative estimate of drug-likeness (QED) is 0.378. The summed E-state index contributed by atoms with van der Waals surface area (Å²) in [5, 5.41) is 15.1. The fourth-order valence-corrected chi connectivity index (χ4v) is 4.96. The van der Waals surface area contributed by atoms with Crippen LogP contribution in [0.3, 0.4) is 0 Å². The largest absolute Gasteiger partial charge is 0.479 e. The van der Waals surface area contributed by atoms with E-state index in [1.54, 1.807) is 0 Å². The molecular formula is C7H13NO10P2. The summed E-state index contributed by atoms with van der Waals surface area (Å²) in [5.74, 6) is -3.11. The van der Waals surface area contributed by atoms with Gasteiger partial charge in [0, 0.05) is 6.54 Å². The number of carboxylic acids is 1. The minimum absolute atomic E-state index is 0.00684. The SMILES string of the molecule is O=C(CO)N1CCC[C@]1(C(=O)O)P(=O)(O)OP(=O)(O)O. The number of likely N-dealkylation sites (tertiary alicyclic amines) is 1. The van der Waals surface area contributed by atoms with E-state index in [2.05, 4.69) is 4.31 Å². The molecule has 1 unspecified atom stereocenters. The molecule has 116 valence electrons. The number of aliphatic hydroxyl groups is 1. The van der Waals surface area contributed by atoms with Crippen LogP contribution in [-0.4, -0.2) is 60.1 Å². The summed E-state index contributed by atoms with van der Waals surface area (Å²) < 4.78 is 26.4. The van der Waals surface area contributed by atoms with Crippen molar-refractivity contribution in [1.82, 2.24) is 4.90 Å². The molecule has 1 fully saturated rings. The van der Waals surface area contributed by atoms with Gasteiger partial charge in [0.2, 0.25) is 11.2 Å². The standard InChI is InChI=1S/C7H13NO10P2/c9-4-5(10)8-3-1-2-7(8,6(11)12)19(13,14)18-20(15,16)17/h9H,1-4H2,(H,11,12)(H,13,14)(H2,15,16,17)/t7-/m1/s1. The Hall–Kier alpha value is -0.800. The first-order valence-corrected chi connectivity index (χ1v) is 8.33. The molecule has 13 heteroatoms.